The largest absolute Gasteiger partial charge is 0.490 e. The van der Waals surface area contributed by atoms with E-state index >= 15 is 0 Å². The molecule has 0 radical (unpaired) electrons. The first-order valence-corrected chi connectivity index (χ1v) is 17.5. The first-order valence-electron chi connectivity index (χ1n) is 17.5. The van der Waals surface area contributed by atoms with Crippen LogP contribution < -0.4 is 16.0 Å². The topological polar surface area (TPSA) is 206 Å². The Morgan fingerprint density at radius 3 is 1.96 bits per heavy atom. The molecule has 1 fully saturated rings. The smallest absolute Gasteiger partial charge is 0.475 e. The van der Waals surface area contributed by atoms with Crippen LogP contribution in [0.1, 0.15) is 57.7 Å². The predicted molar refractivity (Wildman–Crippen MR) is 192 cm³/mol. The second-order valence-electron chi connectivity index (χ2n) is 14.1. The number of aromatic amines is 1. The highest BCUT2D eigenvalue weighted by atomic mass is 19.4. The van der Waals surface area contributed by atoms with Gasteiger partial charge in [0.2, 0.25) is 11.7 Å². The van der Waals surface area contributed by atoms with E-state index < -0.39 is 53.6 Å². The van der Waals surface area contributed by atoms with Crippen LogP contribution in [0.2, 0.25) is 0 Å². The zero-order valence-corrected chi connectivity index (χ0v) is 30.9. The lowest BCUT2D eigenvalue weighted by Gasteiger charge is -2.32. The zero-order valence-electron chi connectivity index (χ0n) is 30.9. The molecular weight excluding hydrogens is 766 g/mol. The molecule has 1 aliphatic rings. The molecular formula is C37H40F6N8O6. The standard InChI is InChI=1S/C35H39F3N8O4.C2HF3O2/c1-34(2,3)50-33(49)41-19-22-6-10-25(11-7-22)31(47)46(27-15-12-24(13-16-27)30-42-44-45-43-30)32(48)28(39)18-21-4-8-23(9-5-21)26-14-17-29(40-20-26)35(36,37)38;3-2(4,5)1(6)7/h4-5,8-9,12-17,20,22,25,28H,6-7,10-11,18-19,39H2,1-3H3,(H,41,49)(H,42,43,44,45);(H,6,7)/t22?,25?,28-;/m0./s1. The van der Waals surface area contributed by atoms with Crippen LogP contribution in [-0.4, -0.2) is 79.0 Å². The number of H-pyrrole nitrogens is 1. The number of carboxylic acids is 1. The number of carboxylic acid groups (broad SMARTS) is 1. The van der Waals surface area contributed by atoms with Crippen LogP contribution >= 0.6 is 0 Å². The maximum absolute atomic E-state index is 14.1. The molecule has 5 N–H and O–H groups in total. The summed E-state index contributed by atoms with van der Waals surface area (Å²) in [6.45, 7) is 5.81. The average molecular weight is 807 g/mol. The van der Waals surface area contributed by atoms with Gasteiger partial charge in [-0.2, -0.15) is 31.6 Å². The number of rotatable bonds is 9. The van der Waals surface area contributed by atoms with Gasteiger partial charge in [0.1, 0.15) is 11.3 Å². The molecule has 1 atom stereocenters. The number of carbonyl (C=O) groups is 4. The summed E-state index contributed by atoms with van der Waals surface area (Å²) in [5.41, 5.74) is 7.70. The molecule has 3 amide bonds. The number of pyridine rings is 1. The number of halogens is 6. The molecule has 0 saturated heterocycles. The number of hydrogen-bond donors (Lipinski definition) is 4. The Bertz CT molecular complexity index is 1960. The third kappa shape index (κ3) is 12.8. The normalized spacial score (nSPS) is 16.4. The zero-order chi connectivity index (χ0) is 42.1. The van der Waals surface area contributed by atoms with Crippen molar-refractivity contribution in [3.05, 3.63) is 78.1 Å². The summed E-state index contributed by atoms with van der Waals surface area (Å²) in [6.07, 6.45) is -6.42. The predicted octanol–water partition coefficient (Wildman–Crippen LogP) is 6.34. The Labute approximate surface area is 322 Å². The number of alkyl halides is 6. The van der Waals surface area contributed by atoms with E-state index in [4.69, 9.17) is 20.4 Å². The van der Waals surface area contributed by atoms with Gasteiger partial charge in [0.15, 0.2) is 0 Å². The van der Waals surface area contributed by atoms with Gasteiger partial charge < -0.3 is 20.9 Å². The number of ether oxygens (including phenoxy) is 1. The van der Waals surface area contributed by atoms with Gasteiger partial charge in [0.25, 0.3) is 5.91 Å². The Morgan fingerprint density at radius 1 is 0.895 bits per heavy atom. The minimum atomic E-state index is -5.08. The van der Waals surface area contributed by atoms with Crippen molar-refractivity contribution >= 4 is 29.6 Å². The Kier molecular flexibility index (Phi) is 14.1. The molecule has 1 saturated carbocycles. The van der Waals surface area contributed by atoms with Crippen molar-refractivity contribution in [3.63, 3.8) is 0 Å². The Morgan fingerprint density at radius 2 is 1.47 bits per heavy atom. The number of benzene rings is 2. The summed E-state index contributed by atoms with van der Waals surface area (Å²) in [7, 11) is 0. The van der Waals surface area contributed by atoms with Gasteiger partial charge in [-0.1, -0.05) is 30.3 Å². The molecule has 0 aliphatic heterocycles. The van der Waals surface area contributed by atoms with Crippen LogP contribution in [0.5, 0.6) is 0 Å². The number of carbonyl (C=O) groups excluding carboxylic acids is 3. The van der Waals surface area contributed by atoms with Gasteiger partial charge in [-0.3, -0.25) is 14.6 Å². The minimum Gasteiger partial charge on any atom is -0.475 e. The molecule has 2 aromatic heterocycles. The molecule has 20 heteroatoms. The van der Waals surface area contributed by atoms with Gasteiger partial charge in [0, 0.05) is 29.8 Å². The number of tetrazole rings is 1. The number of imide groups is 1. The molecule has 0 bridgehead atoms. The van der Waals surface area contributed by atoms with Crippen LogP contribution in [0.4, 0.5) is 36.8 Å². The maximum Gasteiger partial charge on any atom is 0.490 e. The van der Waals surface area contributed by atoms with Gasteiger partial charge in [0.05, 0.1) is 11.7 Å². The molecule has 1 aliphatic carbocycles. The number of hydrogen-bond acceptors (Lipinski definition) is 10. The fraction of sp³-hybridized carbons (Fsp3) is 0.405. The van der Waals surface area contributed by atoms with Crippen LogP contribution in [0, 0.1) is 11.8 Å². The summed E-state index contributed by atoms with van der Waals surface area (Å²) in [6, 6.07) is 14.7. The lowest BCUT2D eigenvalue weighted by Crippen LogP contribution is -2.50. The lowest BCUT2D eigenvalue weighted by molar-refractivity contribution is -0.192. The van der Waals surface area contributed by atoms with E-state index in [-0.39, 0.29) is 18.2 Å². The van der Waals surface area contributed by atoms with Crippen LogP contribution in [0.15, 0.2) is 66.9 Å². The molecule has 14 nitrogen and oxygen atoms in total. The number of aromatic nitrogens is 5. The second-order valence-corrected chi connectivity index (χ2v) is 14.1. The molecule has 0 unspecified atom stereocenters. The van der Waals surface area contributed by atoms with Crippen molar-refractivity contribution in [2.24, 2.45) is 17.6 Å². The monoisotopic (exact) mass is 806 g/mol. The number of nitrogens with one attached hydrogen (secondary N) is 2. The Hall–Kier alpha value is -5.92. The lowest BCUT2D eigenvalue weighted by atomic mass is 9.81. The first-order chi connectivity index (χ1) is 26.6. The summed E-state index contributed by atoms with van der Waals surface area (Å²) < 4.78 is 75.8. The number of nitrogens with zero attached hydrogens (tertiary/aromatic N) is 5. The SMILES string of the molecule is CC(C)(C)OC(=O)NCC1CCC(C(=O)N(C(=O)[C@@H](N)Cc2ccc(-c3ccc(C(F)(F)F)nc3)cc2)c2ccc(-c3nn[nH]n3)cc2)CC1.O=C(O)C(F)(F)F. The van der Waals surface area contributed by atoms with E-state index in [1.54, 1.807) is 69.3 Å². The quantitative estimate of drug-likeness (QED) is 0.137. The Balaban J connectivity index is 0.000000940. The molecule has 2 aromatic carbocycles. The molecule has 57 heavy (non-hydrogen) atoms. The van der Waals surface area contributed by atoms with Crippen LogP contribution in [0.25, 0.3) is 22.5 Å². The fourth-order valence-corrected chi connectivity index (χ4v) is 5.82. The minimum absolute atomic E-state index is 0.109. The molecule has 306 valence electrons. The van der Waals surface area contributed by atoms with Gasteiger partial charge in [-0.15, -0.1) is 10.2 Å². The van der Waals surface area contributed by atoms with Crippen LogP contribution in [-0.2, 0) is 31.7 Å². The summed E-state index contributed by atoms with van der Waals surface area (Å²) in [5.74, 6) is -3.61. The number of nitrogens with two attached hydrogens (primary N) is 1. The summed E-state index contributed by atoms with van der Waals surface area (Å²) >= 11 is 0. The molecule has 0 spiro atoms. The highest BCUT2D eigenvalue weighted by molar-refractivity contribution is 6.17. The average Bonchev–Trinajstić information content (AvgIpc) is 3.69. The van der Waals surface area contributed by atoms with Crippen molar-refractivity contribution in [3.8, 4) is 22.5 Å². The highest BCUT2D eigenvalue weighted by Crippen LogP contribution is 2.33. The number of aliphatic carboxylic acids is 1. The fourth-order valence-electron chi connectivity index (χ4n) is 5.82. The molecule has 5 rings (SSSR count). The van der Waals surface area contributed by atoms with Crippen molar-refractivity contribution in [1.29, 1.82) is 0 Å². The first kappa shape index (κ1) is 43.8. The number of anilines is 1. The van der Waals surface area contributed by atoms with Gasteiger partial charge in [-0.25, -0.2) is 14.5 Å². The summed E-state index contributed by atoms with van der Waals surface area (Å²) in [4.78, 5) is 53.7. The third-order valence-corrected chi connectivity index (χ3v) is 8.66. The number of amides is 3. The van der Waals surface area contributed by atoms with Gasteiger partial charge >= 0.3 is 24.4 Å². The van der Waals surface area contributed by atoms with Crippen LogP contribution in [0.3, 0.4) is 0 Å². The molecule has 4 aromatic rings. The van der Waals surface area contributed by atoms with Gasteiger partial charge in [-0.05, 0) is 105 Å². The third-order valence-electron chi connectivity index (χ3n) is 8.66. The second kappa shape index (κ2) is 18.4. The number of alkyl carbamates (subject to hydrolysis) is 1. The van der Waals surface area contributed by atoms with E-state index in [0.717, 1.165) is 17.2 Å². The van der Waals surface area contributed by atoms with Crippen molar-refractivity contribution < 1.29 is 55.4 Å². The highest BCUT2D eigenvalue weighted by Gasteiger charge is 2.38. The van der Waals surface area contributed by atoms with E-state index in [9.17, 15) is 40.7 Å². The van der Waals surface area contributed by atoms with Crippen molar-refractivity contribution in [2.75, 3.05) is 11.4 Å². The van der Waals surface area contributed by atoms with E-state index in [1.807, 2.05) is 0 Å². The van der Waals surface area contributed by atoms with E-state index in [2.05, 4.69) is 30.9 Å². The van der Waals surface area contributed by atoms with E-state index in [0.29, 0.717) is 66.0 Å². The molecule has 2 heterocycles. The van der Waals surface area contributed by atoms with Crippen molar-refractivity contribution in [2.45, 2.75) is 76.9 Å². The van der Waals surface area contributed by atoms with Crippen molar-refractivity contribution in [1.82, 2.24) is 30.9 Å². The maximum atomic E-state index is 14.1. The summed E-state index contributed by atoms with van der Waals surface area (Å²) in [5, 5.41) is 23.8. The van der Waals surface area contributed by atoms with E-state index in [1.165, 1.54) is 6.07 Å².